The lowest BCUT2D eigenvalue weighted by Crippen LogP contribution is -2.09. The minimum atomic E-state index is -0.559. The van der Waals surface area contributed by atoms with Gasteiger partial charge >= 0.3 is 12.4 Å². The second-order valence-electron chi connectivity index (χ2n) is 4.23. The number of allylic oxidation sites excluding steroid dienone is 3. The summed E-state index contributed by atoms with van der Waals surface area (Å²) >= 11 is 0. The second-order valence-corrected chi connectivity index (χ2v) is 4.23. The van der Waals surface area contributed by atoms with Crippen LogP contribution in [0.25, 0.3) is 0 Å². The van der Waals surface area contributed by atoms with Gasteiger partial charge in [0.1, 0.15) is 0 Å². The van der Waals surface area contributed by atoms with E-state index in [4.69, 9.17) is 0 Å². The molecular formula is C13H20O3. The van der Waals surface area contributed by atoms with Crippen molar-refractivity contribution in [2.45, 2.75) is 41.0 Å². The third-order valence-corrected chi connectivity index (χ3v) is 2.67. The minimum Gasteiger partial charge on any atom is -0.392 e. The van der Waals surface area contributed by atoms with Crippen LogP contribution in [-0.2, 0) is 14.3 Å². The zero-order chi connectivity index (χ0) is 12.7. The molecule has 0 aliphatic rings. The van der Waals surface area contributed by atoms with Gasteiger partial charge in [0.25, 0.3) is 0 Å². The first-order valence-corrected chi connectivity index (χ1v) is 5.35. The molecule has 0 aliphatic carbocycles. The van der Waals surface area contributed by atoms with Crippen LogP contribution >= 0.6 is 0 Å². The van der Waals surface area contributed by atoms with Gasteiger partial charge in [-0.2, -0.15) is 0 Å². The fraction of sp³-hybridized carbons (Fsp3) is 0.538. The molecule has 0 aromatic rings. The molecule has 0 rings (SSSR count). The normalized spacial score (nSPS) is 13.6. The maximum Gasteiger partial charge on any atom is 0.341 e. The third-order valence-electron chi connectivity index (χ3n) is 2.67. The lowest BCUT2D eigenvalue weighted by Gasteiger charge is -2.12. The number of carbonyl (C=O) groups excluding carboxylic acids is 2. The Morgan fingerprint density at radius 3 is 2.25 bits per heavy atom. The lowest BCUT2D eigenvalue weighted by atomic mass is 9.94. The molecule has 0 heterocycles. The van der Waals surface area contributed by atoms with E-state index in [2.05, 4.69) is 10.8 Å². The Kier molecular flexibility index (Phi) is 6.38. The molecule has 0 aliphatic heterocycles. The summed E-state index contributed by atoms with van der Waals surface area (Å²) in [7, 11) is 0. The average molecular weight is 224 g/mol. The first-order valence-electron chi connectivity index (χ1n) is 5.35. The molecule has 1 unspecified atom stereocenters. The fourth-order valence-electron chi connectivity index (χ4n) is 1.25. The number of esters is 1. The Labute approximate surface area is 97.2 Å². The highest BCUT2D eigenvalue weighted by Crippen LogP contribution is 2.19. The highest BCUT2D eigenvalue weighted by Gasteiger charge is 2.13. The third kappa shape index (κ3) is 4.91. The van der Waals surface area contributed by atoms with Crippen molar-refractivity contribution in [2.24, 2.45) is 5.92 Å². The molecule has 0 aromatic carbocycles. The smallest absolute Gasteiger partial charge is 0.341 e. The van der Waals surface area contributed by atoms with Gasteiger partial charge < -0.3 is 4.74 Å². The van der Waals surface area contributed by atoms with Gasteiger partial charge in [-0.25, -0.2) is 4.79 Å². The summed E-state index contributed by atoms with van der Waals surface area (Å²) in [6.07, 6.45) is 3.02. The summed E-state index contributed by atoms with van der Waals surface area (Å²) < 4.78 is 4.31. The summed E-state index contributed by atoms with van der Waals surface area (Å²) in [5.41, 5.74) is 2.74. The van der Waals surface area contributed by atoms with E-state index in [0.29, 0.717) is 5.57 Å². The van der Waals surface area contributed by atoms with Crippen LogP contribution in [0.1, 0.15) is 41.0 Å². The molecule has 16 heavy (non-hydrogen) atoms. The SMILES string of the molecule is CC(C)=CCC(C)/C(C)=C(\C)C(=O)OC=O. The lowest BCUT2D eigenvalue weighted by molar-refractivity contribution is -0.148. The monoisotopic (exact) mass is 224 g/mol. The summed E-state index contributed by atoms with van der Waals surface area (Å²) in [6, 6.07) is 0. The fourth-order valence-corrected chi connectivity index (χ4v) is 1.25. The van der Waals surface area contributed by atoms with Crippen molar-refractivity contribution in [3.05, 3.63) is 22.8 Å². The van der Waals surface area contributed by atoms with Crippen LogP contribution in [0, 0.1) is 5.92 Å². The van der Waals surface area contributed by atoms with Crippen molar-refractivity contribution in [1.29, 1.82) is 0 Å². The molecule has 0 saturated heterocycles. The van der Waals surface area contributed by atoms with Crippen LogP contribution < -0.4 is 0 Å². The van der Waals surface area contributed by atoms with Crippen LogP contribution in [0.5, 0.6) is 0 Å². The summed E-state index contributed by atoms with van der Waals surface area (Å²) in [5, 5.41) is 0. The largest absolute Gasteiger partial charge is 0.392 e. The van der Waals surface area contributed by atoms with Gasteiger partial charge in [-0.1, -0.05) is 24.1 Å². The zero-order valence-corrected chi connectivity index (χ0v) is 10.7. The Hall–Kier alpha value is -1.38. The van der Waals surface area contributed by atoms with Gasteiger partial charge in [0.2, 0.25) is 0 Å². The Bertz CT molecular complexity index is 320. The highest BCUT2D eigenvalue weighted by atomic mass is 16.6. The van der Waals surface area contributed by atoms with E-state index in [-0.39, 0.29) is 12.4 Å². The van der Waals surface area contributed by atoms with E-state index in [1.54, 1.807) is 6.92 Å². The van der Waals surface area contributed by atoms with Gasteiger partial charge in [0.15, 0.2) is 0 Å². The molecule has 1 atom stereocenters. The minimum absolute atomic E-state index is 0.167. The molecule has 0 radical (unpaired) electrons. The number of hydrogen-bond acceptors (Lipinski definition) is 3. The molecule has 0 bridgehead atoms. The number of rotatable bonds is 5. The number of hydrogen-bond donors (Lipinski definition) is 0. The molecule has 0 spiro atoms. The first-order chi connectivity index (χ1) is 7.40. The molecule has 0 N–H and O–H groups in total. The molecule has 3 heteroatoms. The van der Waals surface area contributed by atoms with Crippen molar-refractivity contribution in [3.8, 4) is 0 Å². The zero-order valence-electron chi connectivity index (χ0n) is 10.7. The Morgan fingerprint density at radius 1 is 1.25 bits per heavy atom. The topological polar surface area (TPSA) is 43.4 Å². The molecule has 0 amide bonds. The summed E-state index contributed by atoms with van der Waals surface area (Å²) in [5.74, 6) is -0.286. The van der Waals surface area contributed by atoms with E-state index < -0.39 is 5.97 Å². The van der Waals surface area contributed by atoms with E-state index in [0.717, 1.165) is 12.0 Å². The van der Waals surface area contributed by atoms with E-state index in [9.17, 15) is 9.59 Å². The quantitative estimate of drug-likeness (QED) is 0.237. The van der Waals surface area contributed by atoms with Crippen LogP contribution in [0.15, 0.2) is 22.8 Å². The molecule has 0 aromatic heterocycles. The Morgan fingerprint density at radius 2 is 1.81 bits per heavy atom. The number of carbonyl (C=O) groups is 2. The van der Waals surface area contributed by atoms with E-state index in [1.165, 1.54) is 5.57 Å². The van der Waals surface area contributed by atoms with Crippen LogP contribution in [0.3, 0.4) is 0 Å². The summed E-state index contributed by atoms with van der Waals surface area (Å²) in [4.78, 5) is 21.4. The van der Waals surface area contributed by atoms with Crippen molar-refractivity contribution >= 4 is 12.4 Å². The van der Waals surface area contributed by atoms with Crippen molar-refractivity contribution < 1.29 is 14.3 Å². The predicted octanol–water partition coefficient (Wildman–Crippen LogP) is 3.01. The van der Waals surface area contributed by atoms with E-state index >= 15 is 0 Å². The maximum absolute atomic E-state index is 11.3. The van der Waals surface area contributed by atoms with Crippen molar-refractivity contribution in [1.82, 2.24) is 0 Å². The molecular weight excluding hydrogens is 204 g/mol. The first kappa shape index (κ1) is 14.6. The second kappa shape index (κ2) is 6.99. The molecule has 3 nitrogen and oxygen atoms in total. The molecule has 0 fully saturated rings. The summed E-state index contributed by atoms with van der Waals surface area (Å²) in [6.45, 7) is 9.87. The van der Waals surface area contributed by atoms with Gasteiger partial charge in [-0.15, -0.1) is 0 Å². The van der Waals surface area contributed by atoms with Gasteiger partial charge in [-0.3, -0.25) is 4.79 Å². The van der Waals surface area contributed by atoms with Gasteiger partial charge in [0.05, 0.1) is 0 Å². The van der Waals surface area contributed by atoms with Crippen LogP contribution in [0.4, 0.5) is 0 Å². The molecule has 90 valence electrons. The van der Waals surface area contributed by atoms with Crippen molar-refractivity contribution in [3.63, 3.8) is 0 Å². The van der Waals surface area contributed by atoms with E-state index in [1.807, 2.05) is 27.7 Å². The molecule has 0 saturated carbocycles. The predicted molar refractivity (Wildman–Crippen MR) is 63.7 cm³/mol. The van der Waals surface area contributed by atoms with Gasteiger partial charge in [-0.05, 0) is 40.0 Å². The standard InChI is InChI=1S/C13H20O3/c1-9(2)6-7-10(3)11(4)12(5)13(15)16-8-14/h6,8,10H,7H2,1-5H3/b12-11+. The number of ether oxygens (including phenoxy) is 1. The van der Waals surface area contributed by atoms with Crippen LogP contribution in [0.2, 0.25) is 0 Å². The van der Waals surface area contributed by atoms with Crippen molar-refractivity contribution in [2.75, 3.05) is 0 Å². The Balaban J connectivity index is 4.67. The average Bonchev–Trinajstić information content (AvgIpc) is 2.23. The van der Waals surface area contributed by atoms with Crippen LogP contribution in [-0.4, -0.2) is 12.4 Å². The van der Waals surface area contributed by atoms with Gasteiger partial charge in [0, 0.05) is 5.57 Å². The maximum atomic E-state index is 11.3. The highest BCUT2D eigenvalue weighted by molar-refractivity contribution is 5.92.